The van der Waals surface area contributed by atoms with Gasteiger partial charge >= 0.3 is 5.97 Å². The van der Waals surface area contributed by atoms with Crippen LogP contribution in [0.2, 0.25) is 0 Å². The van der Waals surface area contributed by atoms with Crippen molar-refractivity contribution in [2.24, 2.45) is 0 Å². The average Bonchev–Trinajstić information content (AvgIpc) is 2.15. The maximum Gasteiger partial charge on any atom is 0.305 e. The highest BCUT2D eigenvalue weighted by molar-refractivity contribution is 5.67. The number of ether oxygens (including phenoxy) is 1. The van der Waals surface area contributed by atoms with E-state index in [1.165, 1.54) is 0 Å². The molecule has 1 aliphatic rings. The molecule has 52 valence electrons. The zero-order valence-electron chi connectivity index (χ0n) is 5.17. The molecule has 0 aromatic heterocycles. The summed E-state index contributed by atoms with van der Waals surface area (Å²) in [6, 6.07) is 0. The second kappa shape index (κ2) is 2.82. The van der Waals surface area contributed by atoms with Crippen LogP contribution in [0.25, 0.3) is 0 Å². The maximum absolute atomic E-state index is 10.1. The van der Waals surface area contributed by atoms with Crippen LogP contribution >= 0.6 is 0 Å². The first-order valence-corrected chi connectivity index (χ1v) is 3.12. The first kappa shape index (κ1) is 6.55. The monoisotopic (exact) mass is 130 g/mol. The molecule has 3 nitrogen and oxygen atoms in total. The summed E-state index contributed by atoms with van der Waals surface area (Å²) in [6.45, 7) is 0.734. The molecule has 1 heterocycles. The van der Waals surface area contributed by atoms with Crippen LogP contribution in [0, 0.1) is 0 Å². The molecule has 0 aromatic carbocycles. The molecule has 0 aliphatic carbocycles. The van der Waals surface area contributed by atoms with Gasteiger partial charge in [0, 0.05) is 6.61 Å². The van der Waals surface area contributed by atoms with Crippen molar-refractivity contribution in [3.63, 3.8) is 0 Å². The zero-order chi connectivity index (χ0) is 6.69. The Balaban J connectivity index is 2.19. The van der Waals surface area contributed by atoms with Gasteiger partial charge in [-0.2, -0.15) is 0 Å². The Morgan fingerprint density at radius 1 is 1.78 bits per heavy atom. The van der Waals surface area contributed by atoms with Crippen molar-refractivity contribution in [3.05, 3.63) is 0 Å². The molecule has 1 N–H and O–H groups in total. The molecule has 1 rings (SSSR count). The van der Waals surface area contributed by atoms with E-state index in [1.807, 2.05) is 0 Å². The van der Waals surface area contributed by atoms with Crippen molar-refractivity contribution >= 4 is 5.97 Å². The lowest BCUT2D eigenvalue weighted by molar-refractivity contribution is -0.139. The Morgan fingerprint density at radius 2 is 2.56 bits per heavy atom. The fourth-order valence-electron chi connectivity index (χ4n) is 1.00. The zero-order valence-corrected chi connectivity index (χ0v) is 5.17. The molecule has 1 fully saturated rings. The first-order chi connectivity index (χ1) is 4.29. The van der Waals surface area contributed by atoms with Crippen molar-refractivity contribution in [2.45, 2.75) is 25.4 Å². The molecule has 9 heavy (non-hydrogen) atoms. The third kappa shape index (κ3) is 2.01. The summed E-state index contributed by atoms with van der Waals surface area (Å²) in [4.78, 5) is 10.1. The maximum atomic E-state index is 10.1. The van der Waals surface area contributed by atoms with Gasteiger partial charge in [-0.3, -0.25) is 4.79 Å². The highest BCUT2D eigenvalue weighted by atomic mass is 16.5. The van der Waals surface area contributed by atoms with Crippen LogP contribution in [0.15, 0.2) is 0 Å². The molecule has 0 spiro atoms. The Bertz CT molecular complexity index is 105. The molecule has 0 aromatic rings. The van der Waals surface area contributed by atoms with E-state index in [9.17, 15) is 4.79 Å². The summed E-state index contributed by atoms with van der Waals surface area (Å²) in [5.41, 5.74) is 0. The van der Waals surface area contributed by atoms with E-state index in [0.29, 0.717) is 0 Å². The molecule has 0 amide bonds. The molecule has 1 atom stereocenters. The number of rotatable bonds is 2. The Morgan fingerprint density at radius 3 is 3.00 bits per heavy atom. The molecule has 0 bridgehead atoms. The predicted molar refractivity (Wildman–Crippen MR) is 31.2 cm³/mol. The highest BCUT2D eigenvalue weighted by Crippen LogP contribution is 2.14. The standard InChI is InChI=1S/C6H10O3/c7-6(8)4-5-2-1-3-9-5/h5H,1-4H2,(H,7,8)/t5-/m1/s1. The van der Waals surface area contributed by atoms with Gasteiger partial charge in [0.05, 0.1) is 12.5 Å². The van der Waals surface area contributed by atoms with Gasteiger partial charge in [0.15, 0.2) is 0 Å². The third-order valence-corrected chi connectivity index (χ3v) is 1.43. The van der Waals surface area contributed by atoms with Crippen LogP contribution < -0.4 is 0 Å². The summed E-state index contributed by atoms with van der Waals surface area (Å²) in [5, 5.41) is 8.29. The summed E-state index contributed by atoms with van der Waals surface area (Å²) < 4.78 is 5.08. The molecule has 3 heteroatoms. The van der Waals surface area contributed by atoms with Crippen molar-refractivity contribution in [2.75, 3.05) is 6.61 Å². The molecular weight excluding hydrogens is 120 g/mol. The minimum atomic E-state index is -0.762. The number of carbonyl (C=O) groups is 1. The van der Waals surface area contributed by atoms with Crippen LogP contribution in [0.4, 0.5) is 0 Å². The van der Waals surface area contributed by atoms with E-state index < -0.39 is 5.97 Å². The van der Waals surface area contributed by atoms with Crippen LogP contribution in [0.5, 0.6) is 0 Å². The predicted octanol–water partition coefficient (Wildman–Crippen LogP) is 0.640. The second-order valence-electron chi connectivity index (χ2n) is 2.23. The van der Waals surface area contributed by atoms with Crippen molar-refractivity contribution in [1.29, 1.82) is 0 Å². The molecule has 1 aliphatic heterocycles. The van der Waals surface area contributed by atoms with Gasteiger partial charge in [-0.05, 0) is 12.8 Å². The molecule has 0 unspecified atom stereocenters. The van der Waals surface area contributed by atoms with Gasteiger partial charge in [-0.25, -0.2) is 0 Å². The number of hydrogen-bond donors (Lipinski definition) is 1. The minimum absolute atomic E-state index is 0.0116. The van der Waals surface area contributed by atoms with E-state index >= 15 is 0 Å². The minimum Gasteiger partial charge on any atom is -0.481 e. The van der Waals surface area contributed by atoms with Gasteiger partial charge in [-0.1, -0.05) is 0 Å². The second-order valence-corrected chi connectivity index (χ2v) is 2.23. The molecule has 1 saturated heterocycles. The SMILES string of the molecule is O=C(O)C[C@H]1CCCO1. The highest BCUT2D eigenvalue weighted by Gasteiger charge is 2.17. The normalized spacial score (nSPS) is 26.4. The summed E-state index contributed by atoms with van der Waals surface area (Å²) in [5.74, 6) is -0.762. The van der Waals surface area contributed by atoms with E-state index in [0.717, 1.165) is 19.4 Å². The quantitative estimate of drug-likeness (QED) is 0.596. The first-order valence-electron chi connectivity index (χ1n) is 3.12. The van der Waals surface area contributed by atoms with Crippen LogP contribution in [-0.4, -0.2) is 23.8 Å². The fourth-order valence-corrected chi connectivity index (χ4v) is 1.00. The topological polar surface area (TPSA) is 46.5 Å². The van der Waals surface area contributed by atoms with Gasteiger partial charge in [0.2, 0.25) is 0 Å². The van der Waals surface area contributed by atoms with Gasteiger partial charge in [0.1, 0.15) is 0 Å². The van der Waals surface area contributed by atoms with Crippen LogP contribution in [0.1, 0.15) is 19.3 Å². The number of hydrogen-bond acceptors (Lipinski definition) is 2. The lowest BCUT2D eigenvalue weighted by Gasteiger charge is -2.02. The Labute approximate surface area is 53.6 Å². The van der Waals surface area contributed by atoms with Crippen molar-refractivity contribution in [1.82, 2.24) is 0 Å². The third-order valence-electron chi connectivity index (χ3n) is 1.43. The number of aliphatic carboxylic acids is 1. The van der Waals surface area contributed by atoms with E-state index in [4.69, 9.17) is 9.84 Å². The van der Waals surface area contributed by atoms with Crippen molar-refractivity contribution in [3.8, 4) is 0 Å². The fraction of sp³-hybridized carbons (Fsp3) is 0.833. The Kier molecular flexibility index (Phi) is 2.05. The smallest absolute Gasteiger partial charge is 0.305 e. The van der Waals surface area contributed by atoms with Crippen LogP contribution in [0.3, 0.4) is 0 Å². The van der Waals surface area contributed by atoms with Crippen LogP contribution in [-0.2, 0) is 9.53 Å². The summed E-state index contributed by atoms with van der Waals surface area (Å²) >= 11 is 0. The van der Waals surface area contributed by atoms with Crippen molar-refractivity contribution < 1.29 is 14.6 Å². The van der Waals surface area contributed by atoms with Gasteiger partial charge in [0.25, 0.3) is 0 Å². The Hall–Kier alpha value is -0.570. The summed E-state index contributed by atoms with van der Waals surface area (Å²) in [6.07, 6.45) is 2.08. The molecular formula is C6H10O3. The summed E-state index contributed by atoms with van der Waals surface area (Å²) in [7, 11) is 0. The van der Waals surface area contributed by atoms with E-state index in [2.05, 4.69) is 0 Å². The van der Waals surface area contributed by atoms with E-state index in [1.54, 1.807) is 0 Å². The van der Waals surface area contributed by atoms with Gasteiger partial charge in [-0.15, -0.1) is 0 Å². The number of carboxylic acids is 1. The number of carboxylic acid groups (broad SMARTS) is 1. The lowest BCUT2D eigenvalue weighted by Crippen LogP contribution is -2.10. The lowest BCUT2D eigenvalue weighted by atomic mass is 10.2. The molecule has 0 radical (unpaired) electrons. The largest absolute Gasteiger partial charge is 0.481 e. The molecule has 0 saturated carbocycles. The average molecular weight is 130 g/mol. The van der Waals surface area contributed by atoms with E-state index in [-0.39, 0.29) is 12.5 Å². The van der Waals surface area contributed by atoms with Gasteiger partial charge < -0.3 is 9.84 Å².